The van der Waals surface area contributed by atoms with E-state index in [2.05, 4.69) is 10.1 Å². The van der Waals surface area contributed by atoms with Crippen molar-refractivity contribution >= 4 is 0 Å². The van der Waals surface area contributed by atoms with Gasteiger partial charge in [0.25, 0.3) is 0 Å². The summed E-state index contributed by atoms with van der Waals surface area (Å²) >= 11 is 0. The highest BCUT2D eigenvalue weighted by atomic mass is 16.5. The SMILES string of the molecule is Cc1cc(-c2noc(C)n2)c(C)o1. The van der Waals surface area contributed by atoms with Crippen molar-refractivity contribution in [2.75, 3.05) is 0 Å². The average Bonchev–Trinajstić information content (AvgIpc) is 2.58. The first kappa shape index (κ1) is 8.04. The van der Waals surface area contributed by atoms with Crippen LogP contribution in [0.5, 0.6) is 0 Å². The van der Waals surface area contributed by atoms with Gasteiger partial charge in [0, 0.05) is 6.92 Å². The van der Waals surface area contributed by atoms with Crippen LogP contribution in [0.25, 0.3) is 11.4 Å². The first-order chi connectivity index (χ1) is 6.16. The summed E-state index contributed by atoms with van der Waals surface area (Å²) in [6, 6.07) is 1.90. The third kappa shape index (κ3) is 1.35. The van der Waals surface area contributed by atoms with Crippen LogP contribution in [0.15, 0.2) is 15.0 Å². The smallest absolute Gasteiger partial charge is 0.223 e. The molecule has 2 heterocycles. The van der Waals surface area contributed by atoms with E-state index in [9.17, 15) is 0 Å². The van der Waals surface area contributed by atoms with Gasteiger partial charge in [0.1, 0.15) is 11.5 Å². The lowest BCUT2D eigenvalue weighted by atomic mass is 10.2. The van der Waals surface area contributed by atoms with Gasteiger partial charge in [-0.15, -0.1) is 0 Å². The molecule has 0 saturated heterocycles. The van der Waals surface area contributed by atoms with Crippen molar-refractivity contribution in [3.05, 3.63) is 23.5 Å². The van der Waals surface area contributed by atoms with Gasteiger partial charge >= 0.3 is 0 Å². The summed E-state index contributed by atoms with van der Waals surface area (Å²) in [7, 11) is 0. The minimum atomic E-state index is 0.563. The summed E-state index contributed by atoms with van der Waals surface area (Å²) < 4.78 is 10.2. The minimum absolute atomic E-state index is 0.563. The van der Waals surface area contributed by atoms with Crippen LogP contribution in [0, 0.1) is 20.8 Å². The van der Waals surface area contributed by atoms with Crippen LogP contribution < -0.4 is 0 Å². The van der Waals surface area contributed by atoms with Crippen LogP contribution >= 0.6 is 0 Å². The molecule has 0 spiro atoms. The molecule has 0 aliphatic carbocycles. The van der Waals surface area contributed by atoms with Crippen molar-refractivity contribution in [1.82, 2.24) is 10.1 Å². The highest BCUT2D eigenvalue weighted by Gasteiger charge is 2.12. The average molecular weight is 178 g/mol. The molecule has 13 heavy (non-hydrogen) atoms. The van der Waals surface area contributed by atoms with Crippen LogP contribution in [-0.4, -0.2) is 10.1 Å². The maximum absolute atomic E-state index is 5.36. The van der Waals surface area contributed by atoms with E-state index in [4.69, 9.17) is 8.94 Å². The molecule has 4 nitrogen and oxygen atoms in total. The van der Waals surface area contributed by atoms with E-state index in [0.29, 0.717) is 11.7 Å². The molecule has 68 valence electrons. The molecule has 0 unspecified atom stereocenters. The molecular formula is C9H10N2O2. The molecule has 0 saturated carbocycles. The molecule has 0 aromatic carbocycles. The first-order valence-corrected chi connectivity index (χ1v) is 4.04. The van der Waals surface area contributed by atoms with Crippen LogP contribution in [-0.2, 0) is 0 Å². The fourth-order valence-electron chi connectivity index (χ4n) is 1.26. The third-order valence-corrected chi connectivity index (χ3v) is 1.81. The number of aryl methyl sites for hydroxylation is 3. The summed E-state index contributed by atoms with van der Waals surface area (Å²) in [5.41, 5.74) is 0.898. The van der Waals surface area contributed by atoms with Crippen molar-refractivity contribution in [2.24, 2.45) is 0 Å². The molecule has 0 fully saturated rings. The van der Waals surface area contributed by atoms with Gasteiger partial charge in [0.2, 0.25) is 11.7 Å². The Labute approximate surface area is 75.6 Å². The van der Waals surface area contributed by atoms with E-state index >= 15 is 0 Å². The summed E-state index contributed by atoms with van der Waals surface area (Å²) in [5.74, 6) is 2.83. The van der Waals surface area contributed by atoms with Gasteiger partial charge < -0.3 is 8.94 Å². The second-order valence-corrected chi connectivity index (χ2v) is 2.96. The number of rotatable bonds is 1. The molecule has 0 atom stereocenters. The molecule has 2 rings (SSSR count). The van der Waals surface area contributed by atoms with Crippen molar-refractivity contribution < 1.29 is 8.94 Å². The van der Waals surface area contributed by atoms with Gasteiger partial charge in [-0.25, -0.2) is 0 Å². The molecule has 0 bridgehead atoms. The molecule has 2 aromatic heterocycles. The molecular weight excluding hydrogens is 168 g/mol. The standard InChI is InChI=1S/C9H10N2O2/c1-5-4-8(6(2)12-5)9-10-7(3)13-11-9/h4H,1-3H3. The number of furan rings is 1. The predicted molar refractivity (Wildman–Crippen MR) is 46.2 cm³/mol. The maximum Gasteiger partial charge on any atom is 0.223 e. The van der Waals surface area contributed by atoms with Crippen molar-refractivity contribution in [2.45, 2.75) is 20.8 Å². The number of hydrogen-bond acceptors (Lipinski definition) is 4. The van der Waals surface area contributed by atoms with Crippen LogP contribution in [0.3, 0.4) is 0 Å². The Kier molecular flexibility index (Phi) is 1.69. The van der Waals surface area contributed by atoms with E-state index in [0.717, 1.165) is 17.1 Å². The lowest BCUT2D eigenvalue weighted by Crippen LogP contribution is -1.79. The Morgan fingerprint density at radius 1 is 1.23 bits per heavy atom. The fourth-order valence-corrected chi connectivity index (χ4v) is 1.26. The Hall–Kier alpha value is -1.58. The quantitative estimate of drug-likeness (QED) is 0.672. The Morgan fingerprint density at radius 2 is 2.00 bits per heavy atom. The maximum atomic E-state index is 5.36. The first-order valence-electron chi connectivity index (χ1n) is 4.04. The van der Waals surface area contributed by atoms with Crippen LogP contribution in [0.4, 0.5) is 0 Å². The number of aromatic nitrogens is 2. The van der Waals surface area contributed by atoms with Crippen LogP contribution in [0.1, 0.15) is 17.4 Å². The Bertz CT molecular complexity index is 429. The van der Waals surface area contributed by atoms with Gasteiger partial charge in [-0.3, -0.25) is 0 Å². The molecule has 0 aliphatic rings. The number of nitrogens with zero attached hydrogens (tertiary/aromatic N) is 2. The largest absolute Gasteiger partial charge is 0.466 e. The van der Waals surface area contributed by atoms with Crippen molar-refractivity contribution in [1.29, 1.82) is 0 Å². The van der Waals surface area contributed by atoms with Crippen molar-refractivity contribution in [3.63, 3.8) is 0 Å². The highest BCUT2D eigenvalue weighted by molar-refractivity contribution is 5.57. The summed E-state index contributed by atoms with van der Waals surface area (Å²) in [4.78, 5) is 4.12. The lowest BCUT2D eigenvalue weighted by molar-refractivity contribution is 0.394. The van der Waals surface area contributed by atoms with E-state index in [1.165, 1.54) is 0 Å². The van der Waals surface area contributed by atoms with Gasteiger partial charge in [-0.1, -0.05) is 5.16 Å². The van der Waals surface area contributed by atoms with Gasteiger partial charge in [0.15, 0.2) is 0 Å². The highest BCUT2D eigenvalue weighted by Crippen LogP contribution is 2.23. The fraction of sp³-hybridized carbons (Fsp3) is 0.333. The molecule has 4 heteroatoms. The molecule has 0 amide bonds. The Morgan fingerprint density at radius 3 is 2.46 bits per heavy atom. The molecule has 0 radical (unpaired) electrons. The zero-order valence-corrected chi connectivity index (χ0v) is 7.79. The van der Waals surface area contributed by atoms with Gasteiger partial charge in [-0.2, -0.15) is 4.98 Å². The molecule has 2 aromatic rings. The lowest BCUT2D eigenvalue weighted by Gasteiger charge is -1.86. The second-order valence-electron chi connectivity index (χ2n) is 2.96. The minimum Gasteiger partial charge on any atom is -0.466 e. The second kappa shape index (κ2) is 2.73. The summed E-state index contributed by atoms with van der Waals surface area (Å²) in [6.07, 6.45) is 0. The monoisotopic (exact) mass is 178 g/mol. The zero-order valence-electron chi connectivity index (χ0n) is 7.79. The van der Waals surface area contributed by atoms with Gasteiger partial charge in [0.05, 0.1) is 5.56 Å². The topological polar surface area (TPSA) is 52.1 Å². The normalized spacial score (nSPS) is 10.7. The van der Waals surface area contributed by atoms with Crippen LogP contribution in [0.2, 0.25) is 0 Å². The third-order valence-electron chi connectivity index (χ3n) is 1.81. The van der Waals surface area contributed by atoms with Gasteiger partial charge in [-0.05, 0) is 19.9 Å². The van der Waals surface area contributed by atoms with Crippen molar-refractivity contribution in [3.8, 4) is 11.4 Å². The van der Waals surface area contributed by atoms with E-state index in [1.807, 2.05) is 19.9 Å². The van der Waals surface area contributed by atoms with E-state index < -0.39 is 0 Å². The predicted octanol–water partition coefficient (Wildman–Crippen LogP) is 2.25. The van der Waals surface area contributed by atoms with E-state index in [-0.39, 0.29) is 0 Å². The molecule has 0 N–H and O–H groups in total. The van der Waals surface area contributed by atoms with E-state index in [1.54, 1.807) is 6.92 Å². The zero-order chi connectivity index (χ0) is 9.42. The number of hydrogen-bond donors (Lipinski definition) is 0. The molecule has 0 aliphatic heterocycles. The summed E-state index contributed by atoms with van der Waals surface area (Å²) in [5, 5.41) is 3.81. The summed E-state index contributed by atoms with van der Waals surface area (Å²) in [6.45, 7) is 5.54. The Balaban J connectivity index is 2.51.